The van der Waals surface area contributed by atoms with Gasteiger partial charge in [-0.2, -0.15) is 13.2 Å². The monoisotopic (exact) mass is 562 g/mol. The van der Waals surface area contributed by atoms with E-state index in [2.05, 4.69) is 30.9 Å². The van der Waals surface area contributed by atoms with Gasteiger partial charge in [-0.15, -0.1) is 11.3 Å². The first kappa shape index (κ1) is 28.4. The molecule has 0 spiro atoms. The summed E-state index contributed by atoms with van der Waals surface area (Å²) in [4.78, 5) is 36.1. The molecule has 0 unspecified atom stereocenters. The molecule has 208 valence electrons. The van der Waals surface area contributed by atoms with E-state index in [-0.39, 0.29) is 23.7 Å². The van der Waals surface area contributed by atoms with E-state index in [1.807, 2.05) is 13.0 Å². The van der Waals surface area contributed by atoms with Crippen molar-refractivity contribution in [1.29, 1.82) is 0 Å². The molecule has 13 heteroatoms. The van der Waals surface area contributed by atoms with Gasteiger partial charge in [-0.05, 0) is 61.9 Å². The lowest BCUT2D eigenvalue weighted by Crippen LogP contribution is -2.40. The van der Waals surface area contributed by atoms with E-state index in [0.29, 0.717) is 49.5 Å². The molecule has 4 rings (SSSR count). The van der Waals surface area contributed by atoms with Gasteiger partial charge in [0.15, 0.2) is 0 Å². The number of rotatable bonds is 8. The number of carbonyl (C=O) groups is 2. The van der Waals surface area contributed by atoms with Crippen molar-refractivity contribution in [3.8, 4) is 10.4 Å². The summed E-state index contributed by atoms with van der Waals surface area (Å²) in [6.45, 7) is 3.99. The average Bonchev–Trinajstić information content (AvgIpc) is 3.38. The fourth-order valence-electron chi connectivity index (χ4n) is 4.47. The fourth-order valence-corrected chi connectivity index (χ4v) is 5.52. The number of amides is 2. The SMILES string of the molecule is CC(=O)NCCNC(=O)[C@H]1CC[C@@](O)(c2ncc(-c3cc(C)cc(Nc4nccc(C(F)(F)F)n4)c3)s2)CC1. The van der Waals surface area contributed by atoms with Crippen LogP contribution >= 0.6 is 11.3 Å². The van der Waals surface area contributed by atoms with E-state index >= 15 is 0 Å². The Morgan fingerprint density at radius 2 is 1.85 bits per heavy atom. The third-order valence-electron chi connectivity index (χ3n) is 6.45. The molecule has 0 atom stereocenters. The quantitative estimate of drug-likeness (QED) is 0.301. The largest absolute Gasteiger partial charge is 0.433 e. The molecule has 0 bridgehead atoms. The van der Waals surface area contributed by atoms with Crippen molar-refractivity contribution in [3.63, 3.8) is 0 Å². The minimum atomic E-state index is -4.58. The van der Waals surface area contributed by atoms with Gasteiger partial charge in [0.1, 0.15) is 16.3 Å². The van der Waals surface area contributed by atoms with Crippen LogP contribution in [0.2, 0.25) is 0 Å². The van der Waals surface area contributed by atoms with Gasteiger partial charge >= 0.3 is 6.18 Å². The molecular weight excluding hydrogens is 533 g/mol. The maximum absolute atomic E-state index is 13.0. The number of aromatic nitrogens is 3. The topological polar surface area (TPSA) is 129 Å². The van der Waals surface area contributed by atoms with E-state index in [9.17, 15) is 27.9 Å². The maximum Gasteiger partial charge on any atom is 0.433 e. The van der Waals surface area contributed by atoms with Crippen molar-refractivity contribution < 1.29 is 27.9 Å². The Morgan fingerprint density at radius 3 is 2.54 bits per heavy atom. The number of alkyl halides is 3. The van der Waals surface area contributed by atoms with Gasteiger partial charge in [0, 0.05) is 44.0 Å². The lowest BCUT2D eigenvalue weighted by Gasteiger charge is -2.33. The van der Waals surface area contributed by atoms with E-state index in [0.717, 1.165) is 28.3 Å². The molecule has 2 heterocycles. The molecule has 1 aromatic carbocycles. The van der Waals surface area contributed by atoms with Crippen LogP contribution in [0.25, 0.3) is 10.4 Å². The van der Waals surface area contributed by atoms with Crippen molar-refractivity contribution in [2.75, 3.05) is 18.4 Å². The molecule has 1 fully saturated rings. The summed E-state index contributed by atoms with van der Waals surface area (Å²) in [6, 6.07) is 6.26. The minimum absolute atomic E-state index is 0.0910. The number of benzene rings is 1. The van der Waals surface area contributed by atoms with Gasteiger partial charge in [0.25, 0.3) is 0 Å². The number of anilines is 2. The molecule has 0 saturated heterocycles. The van der Waals surface area contributed by atoms with Crippen LogP contribution in [0.15, 0.2) is 36.7 Å². The Kier molecular flexibility index (Phi) is 8.50. The number of aryl methyl sites for hydroxylation is 1. The predicted octanol–water partition coefficient (Wildman–Crippen LogP) is 4.30. The van der Waals surface area contributed by atoms with E-state index in [4.69, 9.17) is 0 Å². The van der Waals surface area contributed by atoms with Crippen LogP contribution in [0, 0.1) is 12.8 Å². The van der Waals surface area contributed by atoms with E-state index in [1.54, 1.807) is 18.3 Å². The zero-order valence-corrected chi connectivity index (χ0v) is 22.2. The van der Waals surface area contributed by atoms with Crippen molar-refractivity contribution in [2.45, 2.75) is 51.3 Å². The summed E-state index contributed by atoms with van der Waals surface area (Å²) in [5, 5.41) is 20.2. The summed E-state index contributed by atoms with van der Waals surface area (Å²) in [7, 11) is 0. The van der Waals surface area contributed by atoms with Crippen molar-refractivity contribution in [1.82, 2.24) is 25.6 Å². The summed E-state index contributed by atoms with van der Waals surface area (Å²) < 4.78 is 39.0. The number of hydrogen-bond donors (Lipinski definition) is 4. The lowest BCUT2D eigenvalue weighted by atomic mass is 9.78. The standard InChI is InChI=1S/C26H29F3N6O3S/c1-15-11-18(13-19(12-15)34-24-32-8-5-21(35-24)26(27,28)29)20-14-33-23(39-20)25(38)6-3-17(4-7-25)22(37)31-10-9-30-16(2)36/h5,8,11-14,17,38H,3-4,6-7,9-10H2,1-2H3,(H,30,36)(H,31,37)(H,32,34,35)/t17-,25-. The third kappa shape index (κ3) is 7.30. The molecule has 0 radical (unpaired) electrons. The van der Waals surface area contributed by atoms with Gasteiger partial charge in [-0.3, -0.25) is 9.59 Å². The van der Waals surface area contributed by atoms with E-state index in [1.165, 1.54) is 18.3 Å². The second-order valence-corrected chi connectivity index (χ2v) is 10.6. The number of thiazole rings is 1. The van der Waals surface area contributed by atoms with Crippen molar-refractivity contribution >= 4 is 34.8 Å². The van der Waals surface area contributed by atoms with Gasteiger partial charge in [-0.1, -0.05) is 6.07 Å². The first-order chi connectivity index (χ1) is 18.4. The smallest absolute Gasteiger partial charge is 0.383 e. The molecule has 0 aliphatic heterocycles. The molecule has 1 aliphatic rings. The highest BCUT2D eigenvalue weighted by Crippen LogP contribution is 2.43. The second kappa shape index (κ2) is 11.7. The second-order valence-electron chi connectivity index (χ2n) is 9.59. The van der Waals surface area contributed by atoms with Gasteiger partial charge in [-0.25, -0.2) is 15.0 Å². The molecule has 1 saturated carbocycles. The van der Waals surface area contributed by atoms with Crippen LogP contribution in [0.5, 0.6) is 0 Å². The Bertz CT molecular complexity index is 1340. The normalized spacial score (nSPS) is 19.4. The number of carbonyl (C=O) groups excluding carboxylic acids is 2. The zero-order chi connectivity index (χ0) is 28.2. The molecule has 1 aliphatic carbocycles. The maximum atomic E-state index is 13.0. The minimum Gasteiger partial charge on any atom is -0.383 e. The highest BCUT2D eigenvalue weighted by Gasteiger charge is 2.39. The van der Waals surface area contributed by atoms with Crippen molar-refractivity contribution in [2.24, 2.45) is 5.92 Å². The Hall–Kier alpha value is -3.58. The first-order valence-corrected chi connectivity index (χ1v) is 13.2. The van der Waals surface area contributed by atoms with Crippen molar-refractivity contribution in [3.05, 3.63) is 52.9 Å². The van der Waals surface area contributed by atoms with Crippen LogP contribution in [0.3, 0.4) is 0 Å². The van der Waals surface area contributed by atoms with Gasteiger partial charge in [0.05, 0.1) is 4.88 Å². The number of halogens is 3. The van der Waals surface area contributed by atoms with E-state index < -0.39 is 17.5 Å². The molecule has 2 aromatic heterocycles. The molecular formula is C26H29F3N6O3S. The Morgan fingerprint density at radius 1 is 1.13 bits per heavy atom. The average molecular weight is 563 g/mol. The summed E-state index contributed by atoms with van der Waals surface area (Å²) in [5.74, 6) is -0.633. The summed E-state index contributed by atoms with van der Waals surface area (Å²) in [5.41, 5.74) is -0.0229. The van der Waals surface area contributed by atoms with Crippen LogP contribution in [0.4, 0.5) is 24.8 Å². The molecule has 2 amide bonds. The Balaban J connectivity index is 1.42. The highest BCUT2D eigenvalue weighted by atomic mass is 32.1. The first-order valence-electron chi connectivity index (χ1n) is 12.4. The van der Waals surface area contributed by atoms with Crippen LogP contribution < -0.4 is 16.0 Å². The highest BCUT2D eigenvalue weighted by molar-refractivity contribution is 7.15. The molecule has 9 nitrogen and oxygen atoms in total. The number of nitrogens with one attached hydrogen (secondary N) is 3. The molecule has 4 N–H and O–H groups in total. The van der Waals surface area contributed by atoms with Gasteiger partial charge in [0.2, 0.25) is 17.8 Å². The summed E-state index contributed by atoms with van der Waals surface area (Å²) >= 11 is 1.34. The zero-order valence-electron chi connectivity index (χ0n) is 21.4. The Labute approximate surface area is 227 Å². The van der Waals surface area contributed by atoms with Crippen LogP contribution in [0.1, 0.15) is 48.9 Å². The predicted molar refractivity (Wildman–Crippen MR) is 140 cm³/mol. The number of nitrogens with zero attached hydrogens (tertiary/aromatic N) is 3. The van der Waals surface area contributed by atoms with Gasteiger partial charge < -0.3 is 21.1 Å². The number of hydrogen-bond acceptors (Lipinski definition) is 8. The fraction of sp³-hybridized carbons (Fsp3) is 0.423. The third-order valence-corrected chi connectivity index (χ3v) is 7.69. The molecule has 39 heavy (non-hydrogen) atoms. The summed E-state index contributed by atoms with van der Waals surface area (Å²) in [6.07, 6.45) is -0.0747. The lowest BCUT2D eigenvalue weighted by molar-refractivity contribution is -0.141. The number of aliphatic hydroxyl groups is 1. The molecule has 3 aromatic rings. The van der Waals surface area contributed by atoms with Crippen LogP contribution in [-0.2, 0) is 21.4 Å². The van der Waals surface area contributed by atoms with Crippen LogP contribution in [-0.4, -0.2) is 45.0 Å².